The minimum Gasteiger partial charge on any atom is -0.507 e. The number of rotatable bonds is 5. The number of benzene rings is 3. The Labute approximate surface area is 210 Å². The summed E-state index contributed by atoms with van der Waals surface area (Å²) in [5, 5.41) is 11.8. The molecule has 0 saturated carbocycles. The molecule has 35 heavy (non-hydrogen) atoms. The lowest BCUT2D eigenvalue weighted by Gasteiger charge is -2.27. The van der Waals surface area contributed by atoms with Gasteiger partial charge in [0.15, 0.2) is 0 Å². The van der Waals surface area contributed by atoms with Crippen molar-refractivity contribution in [3.05, 3.63) is 93.5 Å². The molecule has 1 atom stereocenters. The molecule has 1 unspecified atom stereocenters. The number of para-hydroxylation sites is 1. The molecule has 0 aromatic heterocycles. The average molecular weight is 491 g/mol. The third-order valence-corrected chi connectivity index (χ3v) is 6.47. The van der Waals surface area contributed by atoms with Crippen LogP contribution in [0.4, 0.5) is 11.4 Å². The number of ketones is 1. The number of Topliss-reactive ketones (excluding diaryl/α,β-unsaturated/α-hetero) is 1. The van der Waals surface area contributed by atoms with Crippen LogP contribution in [0, 0.1) is 13.8 Å². The zero-order chi connectivity index (χ0) is 25.4. The predicted octanol–water partition coefficient (Wildman–Crippen LogP) is 5.66. The maximum Gasteiger partial charge on any atom is 0.300 e. The van der Waals surface area contributed by atoms with Crippen LogP contribution in [0.1, 0.15) is 28.3 Å². The first-order valence-corrected chi connectivity index (χ1v) is 11.5. The Morgan fingerprint density at radius 3 is 2.29 bits per heavy atom. The average Bonchev–Trinajstić information content (AvgIpc) is 3.09. The molecule has 1 N–H and O–H groups in total. The molecule has 7 heteroatoms. The lowest BCUT2D eigenvalue weighted by molar-refractivity contribution is -0.132. The van der Waals surface area contributed by atoms with E-state index >= 15 is 0 Å². The SMILES string of the molecule is COc1c(Cl)cc(C)cc1/C(O)=C1\C(=O)C(=O)N(c2ccccc2C)C1c1ccc(N(C)C)cc1. The molecule has 1 aliphatic heterocycles. The van der Waals surface area contributed by atoms with Gasteiger partial charge in [-0.25, -0.2) is 0 Å². The normalized spacial score (nSPS) is 17.1. The van der Waals surface area contributed by atoms with E-state index in [2.05, 4.69) is 0 Å². The molecule has 1 saturated heterocycles. The fourth-order valence-corrected chi connectivity index (χ4v) is 4.79. The Morgan fingerprint density at radius 2 is 1.69 bits per heavy atom. The number of anilines is 2. The van der Waals surface area contributed by atoms with E-state index in [1.54, 1.807) is 18.2 Å². The van der Waals surface area contributed by atoms with Gasteiger partial charge in [0, 0.05) is 25.5 Å². The number of amides is 1. The second-order valence-electron chi connectivity index (χ2n) is 8.77. The fourth-order valence-electron chi connectivity index (χ4n) is 4.44. The highest BCUT2D eigenvalue weighted by molar-refractivity contribution is 6.52. The quantitative estimate of drug-likeness (QED) is 0.284. The van der Waals surface area contributed by atoms with Gasteiger partial charge in [-0.05, 0) is 60.9 Å². The highest BCUT2D eigenvalue weighted by Gasteiger charge is 2.47. The lowest BCUT2D eigenvalue weighted by Crippen LogP contribution is -2.30. The highest BCUT2D eigenvalue weighted by atomic mass is 35.5. The van der Waals surface area contributed by atoms with Crippen molar-refractivity contribution in [3.8, 4) is 5.75 Å². The third-order valence-electron chi connectivity index (χ3n) is 6.19. The number of aryl methyl sites for hydroxylation is 2. The largest absolute Gasteiger partial charge is 0.507 e. The van der Waals surface area contributed by atoms with Crippen LogP contribution < -0.4 is 14.5 Å². The van der Waals surface area contributed by atoms with E-state index < -0.39 is 17.7 Å². The van der Waals surface area contributed by atoms with Gasteiger partial charge < -0.3 is 14.7 Å². The summed E-state index contributed by atoms with van der Waals surface area (Å²) in [5.41, 5.74) is 4.11. The molecule has 1 heterocycles. The Bertz CT molecular complexity index is 1350. The maximum atomic E-state index is 13.5. The van der Waals surface area contributed by atoms with Crippen molar-refractivity contribution in [3.63, 3.8) is 0 Å². The van der Waals surface area contributed by atoms with Gasteiger partial charge in [-0.3, -0.25) is 14.5 Å². The minimum absolute atomic E-state index is 0.0178. The van der Waals surface area contributed by atoms with Gasteiger partial charge in [-0.15, -0.1) is 0 Å². The van der Waals surface area contributed by atoms with E-state index in [1.807, 2.05) is 75.3 Å². The van der Waals surface area contributed by atoms with Crippen molar-refractivity contribution in [1.82, 2.24) is 0 Å². The number of halogens is 1. The molecule has 0 spiro atoms. The van der Waals surface area contributed by atoms with E-state index in [0.717, 1.165) is 16.8 Å². The van der Waals surface area contributed by atoms with E-state index in [1.165, 1.54) is 12.0 Å². The number of carbonyl (C=O) groups is 2. The van der Waals surface area contributed by atoms with Crippen LogP contribution >= 0.6 is 11.6 Å². The smallest absolute Gasteiger partial charge is 0.300 e. The number of nitrogens with zero attached hydrogens (tertiary/aromatic N) is 2. The monoisotopic (exact) mass is 490 g/mol. The first-order valence-electron chi connectivity index (χ1n) is 11.1. The topological polar surface area (TPSA) is 70.1 Å². The minimum atomic E-state index is -0.837. The number of methoxy groups -OCH3 is 1. The fraction of sp³-hybridized carbons (Fsp3) is 0.214. The van der Waals surface area contributed by atoms with Crippen LogP contribution in [-0.4, -0.2) is 38.0 Å². The summed E-state index contributed by atoms with van der Waals surface area (Å²) in [6.07, 6.45) is 0. The molecule has 0 radical (unpaired) electrons. The number of aliphatic hydroxyl groups excluding tert-OH is 1. The van der Waals surface area contributed by atoms with Gasteiger partial charge in [0.25, 0.3) is 11.7 Å². The number of aliphatic hydroxyl groups is 1. The number of ether oxygens (including phenoxy) is 1. The van der Waals surface area contributed by atoms with Crippen molar-refractivity contribution in [2.75, 3.05) is 31.0 Å². The molecule has 1 fully saturated rings. The van der Waals surface area contributed by atoms with E-state index in [4.69, 9.17) is 16.3 Å². The molecular weight excluding hydrogens is 464 g/mol. The molecule has 180 valence electrons. The first-order chi connectivity index (χ1) is 16.6. The molecule has 0 bridgehead atoms. The Kier molecular flexibility index (Phi) is 6.59. The molecule has 4 rings (SSSR count). The van der Waals surface area contributed by atoms with Crippen LogP contribution in [0.15, 0.2) is 66.2 Å². The molecule has 6 nitrogen and oxygen atoms in total. The van der Waals surface area contributed by atoms with E-state index in [-0.39, 0.29) is 22.6 Å². The molecule has 3 aromatic rings. The predicted molar refractivity (Wildman–Crippen MR) is 139 cm³/mol. The van der Waals surface area contributed by atoms with Gasteiger partial charge in [-0.2, -0.15) is 0 Å². The van der Waals surface area contributed by atoms with Crippen LogP contribution in [-0.2, 0) is 9.59 Å². The van der Waals surface area contributed by atoms with E-state index in [9.17, 15) is 14.7 Å². The second kappa shape index (κ2) is 9.47. The van der Waals surface area contributed by atoms with Crippen LogP contribution in [0.2, 0.25) is 5.02 Å². The lowest BCUT2D eigenvalue weighted by atomic mass is 9.94. The summed E-state index contributed by atoms with van der Waals surface area (Å²) in [6, 6.07) is 17.5. The van der Waals surface area contributed by atoms with Crippen LogP contribution in [0.3, 0.4) is 0 Å². The summed E-state index contributed by atoms with van der Waals surface area (Å²) in [5.74, 6) is -1.57. The second-order valence-corrected chi connectivity index (χ2v) is 9.18. The summed E-state index contributed by atoms with van der Waals surface area (Å²) < 4.78 is 5.45. The Balaban J connectivity index is 2.01. The van der Waals surface area contributed by atoms with Crippen LogP contribution in [0.25, 0.3) is 5.76 Å². The molecule has 1 aliphatic rings. The van der Waals surface area contributed by atoms with Crippen molar-refractivity contribution in [1.29, 1.82) is 0 Å². The number of hydrogen-bond acceptors (Lipinski definition) is 5. The van der Waals surface area contributed by atoms with Gasteiger partial charge >= 0.3 is 0 Å². The first kappa shape index (κ1) is 24.4. The molecule has 3 aromatic carbocycles. The summed E-state index contributed by atoms with van der Waals surface area (Å²) >= 11 is 6.37. The highest BCUT2D eigenvalue weighted by Crippen LogP contribution is 2.45. The van der Waals surface area contributed by atoms with Gasteiger partial charge in [-0.1, -0.05) is 41.9 Å². The Hall–Kier alpha value is -3.77. The summed E-state index contributed by atoms with van der Waals surface area (Å²) in [4.78, 5) is 30.3. The Morgan fingerprint density at radius 1 is 1.03 bits per heavy atom. The summed E-state index contributed by atoms with van der Waals surface area (Å²) in [7, 11) is 5.31. The van der Waals surface area contributed by atoms with E-state index in [0.29, 0.717) is 16.3 Å². The maximum absolute atomic E-state index is 13.5. The van der Waals surface area contributed by atoms with Crippen LogP contribution in [0.5, 0.6) is 5.75 Å². The van der Waals surface area contributed by atoms with Gasteiger partial charge in [0.05, 0.1) is 29.3 Å². The number of carbonyl (C=O) groups excluding carboxylic acids is 2. The summed E-state index contributed by atoms with van der Waals surface area (Å²) in [6.45, 7) is 3.70. The molecular formula is C28H27ClN2O4. The molecule has 1 amide bonds. The zero-order valence-electron chi connectivity index (χ0n) is 20.3. The zero-order valence-corrected chi connectivity index (χ0v) is 21.1. The number of hydrogen-bond donors (Lipinski definition) is 1. The van der Waals surface area contributed by atoms with Gasteiger partial charge in [0.2, 0.25) is 0 Å². The van der Waals surface area contributed by atoms with Crippen molar-refractivity contribution < 1.29 is 19.4 Å². The van der Waals surface area contributed by atoms with Crippen molar-refractivity contribution in [2.24, 2.45) is 0 Å². The van der Waals surface area contributed by atoms with Crippen molar-refractivity contribution in [2.45, 2.75) is 19.9 Å². The third kappa shape index (κ3) is 4.26. The van der Waals surface area contributed by atoms with Gasteiger partial charge in [0.1, 0.15) is 11.5 Å². The molecule has 0 aliphatic carbocycles. The standard InChI is InChI=1S/C28H27ClN2O4/c1-16-14-20(27(35-5)21(29)15-16)25(32)23-24(18-10-12-19(13-11-18)30(3)4)31(28(34)26(23)33)22-9-7-6-8-17(22)2/h6-15,24,32H,1-5H3/b25-23+. The van der Waals surface area contributed by atoms with Crippen molar-refractivity contribution >= 4 is 40.4 Å².